The molecule has 0 aliphatic heterocycles. The molecule has 2 aromatic rings. The summed E-state index contributed by atoms with van der Waals surface area (Å²) < 4.78 is 1.97. The van der Waals surface area contributed by atoms with Crippen molar-refractivity contribution >= 4 is 44.2 Å². The average molecular weight is 345 g/mol. The van der Waals surface area contributed by atoms with Gasteiger partial charge < -0.3 is 5.32 Å². The number of hydrogen-bond donors (Lipinski definition) is 1. The van der Waals surface area contributed by atoms with Gasteiger partial charge in [0.15, 0.2) is 4.34 Å². The van der Waals surface area contributed by atoms with Gasteiger partial charge >= 0.3 is 0 Å². The Morgan fingerprint density at radius 1 is 1.39 bits per heavy atom. The molecule has 0 amide bonds. The summed E-state index contributed by atoms with van der Waals surface area (Å²) in [6.07, 6.45) is 2.90. The molecule has 18 heavy (non-hydrogen) atoms. The van der Waals surface area contributed by atoms with E-state index in [1.807, 2.05) is 18.3 Å². The molecule has 0 bridgehead atoms. The predicted octanol–water partition coefficient (Wildman–Crippen LogP) is 3.81. The zero-order valence-corrected chi connectivity index (χ0v) is 13.1. The molecule has 0 saturated carbocycles. The molecule has 7 heteroatoms. The first-order valence-corrected chi connectivity index (χ1v) is 8.18. The molecule has 0 aliphatic carbocycles. The molecule has 1 N–H and O–H groups in total. The van der Waals surface area contributed by atoms with Crippen LogP contribution in [0.1, 0.15) is 19.0 Å². The van der Waals surface area contributed by atoms with Crippen molar-refractivity contribution in [2.45, 2.75) is 23.4 Å². The van der Waals surface area contributed by atoms with Gasteiger partial charge in [-0.2, -0.15) is 0 Å². The maximum atomic E-state index is 4.32. The molecule has 0 spiro atoms. The summed E-state index contributed by atoms with van der Waals surface area (Å²) >= 11 is 6.62. The maximum absolute atomic E-state index is 4.32. The quantitative estimate of drug-likeness (QED) is 0.807. The second-order valence-corrected chi connectivity index (χ2v) is 6.67. The molecule has 4 nitrogen and oxygen atoms in total. The van der Waals surface area contributed by atoms with Gasteiger partial charge in [-0.05, 0) is 34.5 Å². The highest BCUT2D eigenvalue weighted by Gasteiger charge is 2.05. The Labute approximate surface area is 123 Å². The van der Waals surface area contributed by atoms with E-state index >= 15 is 0 Å². The third-order valence-electron chi connectivity index (χ3n) is 2.06. The Morgan fingerprint density at radius 2 is 2.28 bits per heavy atom. The van der Waals surface area contributed by atoms with Gasteiger partial charge in [-0.1, -0.05) is 30.0 Å². The Balaban J connectivity index is 1.86. The molecule has 2 aromatic heterocycles. The standard InChI is InChI=1S/C11H13BrN4S2/c1-2-5-13-10-15-16-11(18-10)17-7-9-4-3-8(12)6-14-9/h3-4,6H,2,5,7H2,1H3,(H,13,15). The van der Waals surface area contributed by atoms with Crippen molar-refractivity contribution in [2.24, 2.45) is 0 Å². The van der Waals surface area contributed by atoms with E-state index in [4.69, 9.17) is 0 Å². The zero-order valence-electron chi connectivity index (χ0n) is 9.89. The van der Waals surface area contributed by atoms with Gasteiger partial charge in [-0.15, -0.1) is 10.2 Å². The van der Waals surface area contributed by atoms with Crippen LogP contribution in [0.5, 0.6) is 0 Å². The van der Waals surface area contributed by atoms with Crippen molar-refractivity contribution in [2.75, 3.05) is 11.9 Å². The van der Waals surface area contributed by atoms with Crippen LogP contribution in [-0.2, 0) is 5.75 Å². The van der Waals surface area contributed by atoms with E-state index in [2.05, 4.69) is 43.4 Å². The van der Waals surface area contributed by atoms with Crippen molar-refractivity contribution in [3.05, 3.63) is 28.5 Å². The number of aromatic nitrogens is 3. The number of anilines is 1. The van der Waals surface area contributed by atoms with Crippen LogP contribution in [0, 0.1) is 0 Å². The number of hydrogen-bond acceptors (Lipinski definition) is 6. The van der Waals surface area contributed by atoms with E-state index in [0.29, 0.717) is 0 Å². The fraction of sp³-hybridized carbons (Fsp3) is 0.364. The monoisotopic (exact) mass is 344 g/mol. The summed E-state index contributed by atoms with van der Waals surface area (Å²) in [4.78, 5) is 4.32. The summed E-state index contributed by atoms with van der Waals surface area (Å²) in [7, 11) is 0. The van der Waals surface area contributed by atoms with Gasteiger partial charge in [0, 0.05) is 23.0 Å². The normalized spacial score (nSPS) is 10.6. The lowest BCUT2D eigenvalue weighted by molar-refractivity contribution is 0.951. The Morgan fingerprint density at radius 3 is 3.00 bits per heavy atom. The smallest absolute Gasteiger partial charge is 0.206 e. The van der Waals surface area contributed by atoms with Crippen molar-refractivity contribution in [3.8, 4) is 0 Å². The van der Waals surface area contributed by atoms with Crippen molar-refractivity contribution in [1.82, 2.24) is 15.2 Å². The highest BCUT2D eigenvalue weighted by Crippen LogP contribution is 2.27. The van der Waals surface area contributed by atoms with Gasteiger partial charge in [0.2, 0.25) is 5.13 Å². The fourth-order valence-corrected chi connectivity index (χ4v) is 3.13. The van der Waals surface area contributed by atoms with E-state index in [-0.39, 0.29) is 0 Å². The first-order valence-electron chi connectivity index (χ1n) is 5.58. The lowest BCUT2D eigenvalue weighted by Gasteiger charge is -1.97. The number of nitrogens with one attached hydrogen (secondary N) is 1. The number of nitrogens with zero attached hydrogens (tertiary/aromatic N) is 3. The molecule has 0 saturated heterocycles. The minimum atomic E-state index is 0.815. The van der Waals surface area contributed by atoms with Gasteiger partial charge in [-0.25, -0.2) is 0 Å². The lowest BCUT2D eigenvalue weighted by Crippen LogP contribution is -1.98. The van der Waals surface area contributed by atoms with Gasteiger partial charge in [-0.3, -0.25) is 4.98 Å². The zero-order chi connectivity index (χ0) is 12.8. The molecule has 0 unspecified atom stereocenters. The minimum Gasteiger partial charge on any atom is -0.360 e. The molecule has 2 rings (SSSR count). The number of pyridine rings is 1. The summed E-state index contributed by atoms with van der Waals surface area (Å²) in [5, 5.41) is 12.3. The van der Waals surface area contributed by atoms with E-state index < -0.39 is 0 Å². The van der Waals surface area contributed by atoms with E-state index in [0.717, 1.165) is 38.4 Å². The maximum Gasteiger partial charge on any atom is 0.206 e. The first kappa shape index (κ1) is 13.8. The Kier molecular flexibility index (Phi) is 5.40. The van der Waals surface area contributed by atoms with Crippen molar-refractivity contribution in [1.29, 1.82) is 0 Å². The van der Waals surface area contributed by atoms with E-state index in [1.54, 1.807) is 23.1 Å². The second-order valence-electron chi connectivity index (χ2n) is 3.56. The van der Waals surface area contributed by atoms with Crippen LogP contribution >= 0.6 is 39.0 Å². The van der Waals surface area contributed by atoms with Crippen LogP contribution in [0.3, 0.4) is 0 Å². The molecular formula is C11H13BrN4S2. The van der Waals surface area contributed by atoms with Gasteiger partial charge in [0.05, 0.1) is 5.69 Å². The van der Waals surface area contributed by atoms with Crippen LogP contribution in [-0.4, -0.2) is 21.7 Å². The summed E-state index contributed by atoms with van der Waals surface area (Å²) in [5.41, 5.74) is 1.04. The molecule has 0 fully saturated rings. The Bertz CT molecular complexity index is 486. The minimum absolute atomic E-state index is 0.815. The van der Waals surface area contributed by atoms with Crippen LogP contribution in [0.4, 0.5) is 5.13 Å². The SMILES string of the molecule is CCCNc1nnc(SCc2ccc(Br)cn2)s1. The molecule has 0 radical (unpaired) electrons. The third-order valence-corrected chi connectivity index (χ3v) is 4.58. The van der Waals surface area contributed by atoms with Crippen LogP contribution < -0.4 is 5.32 Å². The molecule has 2 heterocycles. The molecule has 0 atom stereocenters. The first-order chi connectivity index (χ1) is 8.78. The molecular weight excluding hydrogens is 332 g/mol. The topological polar surface area (TPSA) is 50.7 Å². The van der Waals surface area contributed by atoms with Crippen molar-refractivity contribution in [3.63, 3.8) is 0 Å². The molecule has 0 aromatic carbocycles. The van der Waals surface area contributed by atoms with E-state index in [1.165, 1.54) is 0 Å². The number of rotatable bonds is 6. The summed E-state index contributed by atoms with van der Waals surface area (Å²) in [6.45, 7) is 3.07. The highest BCUT2D eigenvalue weighted by atomic mass is 79.9. The Hall–Kier alpha value is -0.660. The second kappa shape index (κ2) is 7.06. The molecule has 0 aliphatic rings. The van der Waals surface area contributed by atoms with Crippen LogP contribution in [0.2, 0.25) is 0 Å². The van der Waals surface area contributed by atoms with Crippen molar-refractivity contribution < 1.29 is 0 Å². The average Bonchev–Trinajstić information content (AvgIpc) is 2.84. The third kappa shape index (κ3) is 4.22. The lowest BCUT2D eigenvalue weighted by atomic mass is 10.4. The fourth-order valence-electron chi connectivity index (χ4n) is 1.20. The van der Waals surface area contributed by atoms with E-state index in [9.17, 15) is 0 Å². The van der Waals surface area contributed by atoms with Crippen LogP contribution in [0.25, 0.3) is 0 Å². The summed E-state index contributed by atoms with van der Waals surface area (Å²) in [6, 6.07) is 4.01. The molecule has 96 valence electrons. The number of thioether (sulfide) groups is 1. The summed E-state index contributed by atoms with van der Waals surface area (Å²) in [5.74, 6) is 0.815. The van der Waals surface area contributed by atoms with Gasteiger partial charge in [0.1, 0.15) is 0 Å². The largest absolute Gasteiger partial charge is 0.360 e. The highest BCUT2D eigenvalue weighted by molar-refractivity contribution is 9.10. The van der Waals surface area contributed by atoms with Crippen LogP contribution in [0.15, 0.2) is 27.1 Å². The predicted molar refractivity (Wildman–Crippen MR) is 80.2 cm³/mol. The van der Waals surface area contributed by atoms with Gasteiger partial charge in [0.25, 0.3) is 0 Å². The number of halogens is 1.